The highest BCUT2D eigenvalue weighted by atomic mass is 15.3. The molecule has 1 aliphatic carbocycles. The molecule has 5 aliphatic rings. The van der Waals surface area contributed by atoms with E-state index in [1.54, 1.807) is 0 Å². The van der Waals surface area contributed by atoms with Gasteiger partial charge in [0.2, 0.25) is 0 Å². The zero-order chi connectivity index (χ0) is 48.4. The Balaban J connectivity index is 0.000000226. The largest absolute Gasteiger partial charge is 0.295 e. The van der Waals surface area contributed by atoms with Gasteiger partial charge in [0, 0.05) is 52.9 Å². The monoisotopic (exact) mass is 877 g/mol. The molecule has 4 heteroatoms. The molecule has 0 spiro atoms. The molecule has 6 atom stereocenters. The highest BCUT2D eigenvalue weighted by Gasteiger charge is 2.47. The van der Waals surface area contributed by atoms with Crippen LogP contribution in [-0.4, -0.2) is 86.1 Å². The lowest BCUT2D eigenvalue weighted by molar-refractivity contribution is -0.0751. The number of fused-ring (bicyclic) bond motifs is 2. The maximum absolute atomic E-state index is 2.82. The summed E-state index contributed by atoms with van der Waals surface area (Å²) in [5.74, 6) is 1.97. The van der Waals surface area contributed by atoms with Crippen LogP contribution in [0.25, 0.3) is 0 Å². The van der Waals surface area contributed by atoms with E-state index in [1.165, 1.54) is 108 Å². The van der Waals surface area contributed by atoms with Crippen LogP contribution in [0.1, 0.15) is 248 Å². The van der Waals surface area contributed by atoms with E-state index in [0.29, 0.717) is 38.9 Å². The average molecular weight is 878 g/mol. The van der Waals surface area contributed by atoms with E-state index in [0.717, 1.165) is 30.0 Å². The van der Waals surface area contributed by atoms with Crippen LogP contribution >= 0.6 is 0 Å². The number of nitrogens with zero attached hydrogens (tertiary/aromatic N) is 4. The van der Waals surface area contributed by atoms with Crippen molar-refractivity contribution in [1.29, 1.82) is 0 Å². The summed E-state index contributed by atoms with van der Waals surface area (Å²) in [5.41, 5.74) is 5.83. The average Bonchev–Trinajstić information content (AvgIpc) is 3.65. The van der Waals surface area contributed by atoms with Gasteiger partial charge in [0.25, 0.3) is 0 Å². The van der Waals surface area contributed by atoms with Crippen molar-refractivity contribution < 1.29 is 0 Å². The highest BCUT2D eigenvalue weighted by molar-refractivity contribution is 5.34. The van der Waals surface area contributed by atoms with Crippen molar-refractivity contribution >= 4 is 0 Å². The summed E-state index contributed by atoms with van der Waals surface area (Å²) in [7, 11) is 0. The molecule has 4 aliphatic heterocycles. The van der Waals surface area contributed by atoms with Gasteiger partial charge in [-0.1, -0.05) is 133 Å². The molecule has 4 nitrogen and oxygen atoms in total. The minimum atomic E-state index is 0.228. The van der Waals surface area contributed by atoms with Gasteiger partial charge in [-0.3, -0.25) is 19.6 Å². The van der Waals surface area contributed by atoms with Crippen LogP contribution in [0.4, 0.5) is 0 Å². The molecule has 0 amide bonds. The Hall–Kier alpha value is -0.940. The summed E-state index contributed by atoms with van der Waals surface area (Å²) in [6, 6.07) is 11.8. The molecule has 0 radical (unpaired) electrons. The molecule has 0 aromatic heterocycles. The zero-order valence-electron chi connectivity index (χ0n) is 47.2. The van der Waals surface area contributed by atoms with Crippen molar-refractivity contribution in [3.63, 3.8) is 0 Å². The van der Waals surface area contributed by atoms with E-state index in [1.807, 2.05) is 0 Å². The molecule has 3 saturated heterocycles. The predicted molar refractivity (Wildman–Crippen MR) is 281 cm³/mol. The molecule has 4 heterocycles. The third kappa shape index (κ3) is 15.8. The number of piperidine rings is 2. The Morgan fingerprint density at radius 3 is 1.27 bits per heavy atom. The molecule has 1 aromatic carbocycles. The van der Waals surface area contributed by atoms with Crippen molar-refractivity contribution in [3.05, 3.63) is 35.4 Å². The minimum Gasteiger partial charge on any atom is -0.295 e. The minimum absolute atomic E-state index is 0.228. The van der Waals surface area contributed by atoms with Crippen molar-refractivity contribution in [3.8, 4) is 0 Å². The number of benzene rings is 1. The Morgan fingerprint density at radius 1 is 0.381 bits per heavy atom. The number of likely N-dealkylation sites (tertiary alicyclic amines) is 3. The maximum Gasteiger partial charge on any atom is 0.0404 e. The van der Waals surface area contributed by atoms with Crippen molar-refractivity contribution in [2.75, 3.05) is 26.2 Å². The fourth-order valence-corrected chi connectivity index (χ4v) is 12.9. The fourth-order valence-electron chi connectivity index (χ4n) is 12.9. The molecule has 63 heavy (non-hydrogen) atoms. The van der Waals surface area contributed by atoms with Gasteiger partial charge in [0.1, 0.15) is 0 Å². The zero-order valence-corrected chi connectivity index (χ0v) is 47.2. The summed E-state index contributed by atoms with van der Waals surface area (Å²) in [4.78, 5) is 10.9. The summed E-state index contributed by atoms with van der Waals surface area (Å²) in [6.07, 6.45) is 15.4. The van der Waals surface area contributed by atoms with Gasteiger partial charge in [-0.15, -0.1) is 0 Å². The number of hydrogen-bond donors (Lipinski definition) is 0. The Morgan fingerprint density at radius 2 is 0.825 bits per heavy atom. The first kappa shape index (κ1) is 56.4. The van der Waals surface area contributed by atoms with Gasteiger partial charge in [0.15, 0.2) is 0 Å². The van der Waals surface area contributed by atoms with Crippen LogP contribution in [0.15, 0.2) is 24.3 Å². The van der Waals surface area contributed by atoms with Crippen LogP contribution < -0.4 is 0 Å². The van der Waals surface area contributed by atoms with Crippen molar-refractivity contribution in [1.82, 2.24) is 19.6 Å². The first-order valence-corrected chi connectivity index (χ1v) is 26.5. The Bertz CT molecular complexity index is 1460. The first-order chi connectivity index (χ1) is 28.4. The molecule has 1 saturated carbocycles. The third-order valence-electron chi connectivity index (χ3n) is 15.6. The van der Waals surface area contributed by atoms with Crippen LogP contribution in [0.5, 0.6) is 0 Å². The normalized spacial score (nSPS) is 27.7. The van der Waals surface area contributed by atoms with Gasteiger partial charge in [-0.25, -0.2) is 0 Å². The summed E-state index contributed by atoms with van der Waals surface area (Å²) < 4.78 is 0. The highest BCUT2D eigenvalue weighted by Crippen LogP contribution is 2.48. The number of hydrogen-bond acceptors (Lipinski definition) is 4. The molecular weight excluding hydrogens is 765 g/mol. The molecule has 6 unspecified atom stereocenters. The maximum atomic E-state index is 2.82. The Kier molecular flexibility index (Phi) is 18.9. The van der Waals surface area contributed by atoms with E-state index in [9.17, 15) is 0 Å². The van der Waals surface area contributed by atoms with E-state index >= 15 is 0 Å². The summed E-state index contributed by atoms with van der Waals surface area (Å²) in [6.45, 7) is 61.9. The molecule has 0 bridgehead atoms. The number of rotatable bonds is 0. The van der Waals surface area contributed by atoms with E-state index in [4.69, 9.17) is 0 Å². The van der Waals surface area contributed by atoms with Gasteiger partial charge in [-0.2, -0.15) is 0 Å². The van der Waals surface area contributed by atoms with Gasteiger partial charge in [-0.05, 0) is 192 Å². The topological polar surface area (TPSA) is 13.0 Å². The van der Waals surface area contributed by atoms with Gasteiger partial charge >= 0.3 is 0 Å². The standard InChI is InChI=1S/C17H33N.C17H27N.C13H27N.C12H25N/c2*1-16(2,3)15-14-10-8-7-9-13(14)11-12-18(15)17(4,5)6;1-12(2,3)11-9-7-8-10-14(11)13(4,5)6;1-11(2,3)10-8-7-9-13(10)12(4,5)6/h13-15H,7-12H2,1-6H3;7-10,15H,11-12H2,1-6H3;11H,7-10H2,1-6H3;10H,7-9H2,1-6H3. The van der Waals surface area contributed by atoms with E-state index < -0.39 is 0 Å². The van der Waals surface area contributed by atoms with Gasteiger partial charge < -0.3 is 0 Å². The van der Waals surface area contributed by atoms with Crippen LogP contribution in [-0.2, 0) is 6.42 Å². The fraction of sp³-hybridized carbons (Fsp3) is 0.898. The third-order valence-corrected chi connectivity index (χ3v) is 15.6. The van der Waals surface area contributed by atoms with Gasteiger partial charge in [0.05, 0.1) is 0 Å². The van der Waals surface area contributed by atoms with E-state index in [-0.39, 0.29) is 11.0 Å². The quantitative estimate of drug-likeness (QED) is 0.257. The molecule has 6 rings (SSSR count). The lowest BCUT2D eigenvalue weighted by atomic mass is 9.63. The van der Waals surface area contributed by atoms with Crippen molar-refractivity contribution in [2.45, 2.75) is 283 Å². The van der Waals surface area contributed by atoms with Crippen LogP contribution in [0.2, 0.25) is 0 Å². The first-order valence-electron chi connectivity index (χ1n) is 26.5. The van der Waals surface area contributed by atoms with Crippen molar-refractivity contribution in [2.24, 2.45) is 33.5 Å². The Labute approximate surface area is 396 Å². The second kappa shape index (κ2) is 21.1. The molecular formula is C59H112N4. The summed E-state index contributed by atoms with van der Waals surface area (Å²) in [5, 5.41) is 0. The lowest BCUT2D eigenvalue weighted by Crippen LogP contribution is -2.61. The molecule has 0 N–H and O–H groups in total. The second-order valence-corrected chi connectivity index (χ2v) is 29.4. The lowest BCUT2D eigenvalue weighted by Gasteiger charge is -2.57. The van der Waals surface area contributed by atoms with E-state index in [2.05, 4.69) is 210 Å². The summed E-state index contributed by atoms with van der Waals surface area (Å²) >= 11 is 0. The smallest absolute Gasteiger partial charge is 0.0404 e. The second-order valence-electron chi connectivity index (χ2n) is 29.4. The molecule has 368 valence electrons. The molecule has 4 fully saturated rings. The predicted octanol–water partition coefficient (Wildman–Crippen LogP) is 16.1. The SMILES string of the molecule is CC(C)(C)C1C2CCCCC2CCN1C(C)(C)C.CC(C)(C)C1CCCCN1C(C)(C)C.CC(C)(C)C1CCCN1C(C)(C)C.CC(C)(C)C1c2ccccc2CCN1C(C)(C)C. The molecule has 1 aromatic rings. The van der Waals surface area contributed by atoms with Crippen LogP contribution in [0.3, 0.4) is 0 Å². The van der Waals surface area contributed by atoms with Crippen LogP contribution in [0, 0.1) is 33.5 Å².